The summed E-state index contributed by atoms with van der Waals surface area (Å²) < 4.78 is 36.8. The highest BCUT2D eigenvalue weighted by Gasteiger charge is 2.39. The summed E-state index contributed by atoms with van der Waals surface area (Å²) in [7, 11) is 0. The molecule has 0 bridgehead atoms. The van der Waals surface area contributed by atoms with Gasteiger partial charge in [-0.1, -0.05) is 48.5 Å². The minimum absolute atomic E-state index is 0.0177. The molecule has 3 aromatic carbocycles. The van der Waals surface area contributed by atoms with E-state index in [0.29, 0.717) is 30.2 Å². The molecule has 222 valence electrons. The molecule has 0 unspecified atom stereocenters. The highest BCUT2D eigenvalue weighted by Crippen LogP contribution is 2.49. The van der Waals surface area contributed by atoms with Crippen molar-refractivity contribution in [2.75, 3.05) is 30.3 Å². The Kier molecular flexibility index (Phi) is 8.32. The molecule has 0 saturated carbocycles. The quantitative estimate of drug-likeness (QED) is 0.285. The summed E-state index contributed by atoms with van der Waals surface area (Å²) in [6, 6.07) is 18.8. The molecule has 4 aromatic rings. The van der Waals surface area contributed by atoms with E-state index in [0.717, 1.165) is 41.3 Å². The van der Waals surface area contributed by atoms with Gasteiger partial charge in [0.1, 0.15) is 24.0 Å². The van der Waals surface area contributed by atoms with Gasteiger partial charge in [0.15, 0.2) is 0 Å². The number of aryl methyl sites for hydroxylation is 1. The first-order valence-corrected chi connectivity index (χ1v) is 15.4. The number of carbonyl (C=O) groups is 2. The van der Waals surface area contributed by atoms with Gasteiger partial charge in [0, 0.05) is 35.9 Å². The van der Waals surface area contributed by atoms with Crippen LogP contribution >= 0.6 is 11.8 Å². The third-order valence-corrected chi connectivity index (χ3v) is 9.27. The fraction of sp³-hybridized carbons (Fsp3) is 0.303. The molecule has 0 radical (unpaired) electrons. The fourth-order valence-electron chi connectivity index (χ4n) is 5.65. The van der Waals surface area contributed by atoms with Crippen LogP contribution in [0.5, 0.6) is 0 Å². The number of rotatable bonds is 7. The van der Waals surface area contributed by atoms with Gasteiger partial charge in [-0.25, -0.2) is 13.5 Å². The molecule has 3 heterocycles. The number of fused-ring (bicyclic) bond motifs is 1. The first-order valence-electron chi connectivity index (χ1n) is 14.3. The number of anilines is 1. The SMILES string of the molecule is Cc1cccc(-n2nc(-c3ccccc3)c3c2N(CC(=O)NC[C@H]2CCCO2)C(=O)CS[C@H]3c2ccc(F)cc2F)c1C. The largest absolute Gasteiger partial charge is 0.376 e. The van der Waals surface area contributed by atoms with Crippen molar-refractivity contribution in [1.82, 2.24) is 15.1 Å². The molecule has 2 aliphatic heterocycles. The number of carbonyl (C=O) groups excluding carboxylic acids is 2. The van der Waals surface area contributed by atoms with Crippen LogP contribution in [0.3, 0.4) is 0 Å². The summed E-state index contributed by atoms with van der Waals surface area (Å²) >= 11 is 1.24. The summed E-state index contributed by atoms with van der Waals surface area (Å²) in [5, 5.41) is 7.28. The van der Waals surface area contributed by atoms with Gasteiger partial charge in [0.05, 0.1) is 28.5 Å². The van der Waals surface area contributed by atoms with Gasteiger partial charge >= 0.3 is 0 Å². The van der Waals surface area contributed by atoms with Crippen molar-refractivity contribution in [3.63, 3.8) is 0 Å². The van der Waals surface area contributed by atoms with E-state index in [2.05, 4.69) is 5.32 Å². The van der Waals surface area contributed by atoms with Crippen LogP contribution in [0.4, 0.5) is 14.6 Å². The van der Waals surface area contributed by atoms with E-state index in [1.54, 1.807) is 4.68 Å². The van der Waals surface area contributed by atoms with Crippen LogP contribution in [0.15, 0.2) is 66.7 Å². The topological polar surface area (TPSA) is 76.5 Å². The lowest BCUT2D eigenvalue weighted by molar-refractivity contribution is -0.123. The van der Waals surface area contributed by atoms with Gasteiger partial charge in [0.2, 0.25) is 11.8 Å². The van der Waals surface area contributed by atoms with Gasteiger partial charge in [-0.05, 0) is 49.9 Å². The average molecular weight is 603 g/mol. The zero-order valence-corrected chi connectivity index (χ0v) is 24.8. The number of nitrogens with one attached hydrogen (secondary N) is 1. The van der Waals surface area contributed by atoms with Gasteiger partial charge in [-0.3, -0.25) is 14.5 Å². The van der Waals surface area contributed by atoms with Gasteiger partial charge in [0.25, 0.3) is 0 Å². The highest BCUT2D eigenvalue weighted by molar-refractivity contribution is 8.00. The molecule has 6 rings (SSSR count). The molecule has 1 saturated heterocycles. The lowest BCUT2D eigenvalue weighted by Crippen LogP contribution is -2.44. The zero-order chi connectivity index (χ0) is 30.1. The van der Waals surface area contributed by atoms with Crippen LogP contribution in [-0.2, 0) is 14.3 Å². The Morgan fingerprint density at radius 3 is 2.65 bits per heavy atom. The molecule has 2 atom stereocenters. The third kappa shape index (κ3) is 5.81. The molecule has 1 fully saturated rings. The Bertz CT molecular complexity index is 1670. The van der Waals surface area contributed by atoms with E-state index >= 15 is 4.39 Å². The fourth-order valence-corrected chi connectivity index (χ4v) is 6.87. The maximum absolute atomic E-state index is 15.4. The number of nitrogens with zero attached hydrogens (tertiary/aromatic N) is 3. The van der Waals surface area contributed by atoms with Crippen molar-refractivity contribution in [2.24, 2.45) is 0 Å². The number of halogens is 2. The molecule has 0 spiro atoms. The number of hydrogen-bond acceptors (Lipinski definition) is 5. The second kappa shape index (κ2) is 12.3. The summed E-state index contributed by atoms with van der Waals surface area (Å²) in [4.78, 5) is 28.7. The summed E-state index contributed by atoms with van der Waals surface area (Å²) in [5.41, 5.74) is 4.86. The Balaban J connectivity index is 1.56. The summed E-state index contributed by atoms with van der Waals surface area (Å²) in [6.07, 6.45) is 1.77. The van der Waals surface area contributed by atoms with Crippen molar-refractivity contribution in [2.45, 2.75) is 38.0 Å². The van der Waals surface area contributed by atoms with Gasteiger partial charge < -0.3 is 10.1 Å². The molecule has 10 heteroatoms. The van der Waals surface area contributed by atoms with E-state index in [1.165, 1.54) is 28.8 Å². The normalized spacial score (nSPS) is 18.4. The van der Waals surface area contributed by atoms with E-state index in [4.69, 9.17) is 9.84 Å². The minimum Gasteiger partial charge on any atom is -0.376 e. The summed E-state index contributed by atoms with van der Waals surface area (Å²) in [6.45, 7) is 4.75. The number of hydrogen-bond donors (Lipinski definition) is 1. The number of ether oxygens (including phenoxy) is 1. The molecule has 43 heavy (non-hydrogen) atoms. The van der Waals surface area contributed by atoms with Gasteiger partial charge in [-0.15, -0.1) is 11.8 Å². The Morgan fingerprint density at radius 2 is 1.91 bits per heavy atom. The molecule has 2 amide bonds. The van der Waals surface area contributed by atoms with Crippen molar-refractivity contribution in [3.05, 3.63) is 101 Å². The van der Waals surface area contributed by atoms with Crippen LogP contribution in [0.1, 0.15) is 40.3 Å². The van der Waals surface area contributed by atoms with Crippen LogP contribution in [0.2, 0.25) is 0 Å². The third-order valence-electron chi connectivity index (χ3n) is 8.04. The predicted octanol–water partition coefficient (Wildman–Crippen LogP) is 5.90. The molecule has 7 nitrogen and oxygen atoms in total. The molecule has 1 aromatic heterocycles. The second-order valence-electron chi connectivity index (χ2n) is 10.9. The zero-order valence-electron chi connectivity index (χ0n) is 24.0. The molecular weight excluding hydrogens is 570 g/mol. The highest BCUT2D eigenvalue weighted by atomic mass is 32.2. The lowest BCUT2D eigenvalue weighted by atomic mass is 9.99. The summed E-state index contributed by atoms with van der Waals surface area (Å²) in [5.74, 6) is -1.66. The first kappa shape index (κ1) is 29.1. The van der Waals surface area contributed by atoms with Crippen LogP contribution < -0.4 is 10.2 Å². The standard InChI is InChI=1S/C33H32F2N4O3S/c1-20-8-6-12-27(21(20)2)39-33-30(31(37-39)22-9-4-3-5-10-22)32(25-14-13-23(34)16-26(25)35)43-19-29(41)38(33)18-28(40)36-17-24-11-7-15-42-24/h3-6,8-10,12-14,16,24,32H,7,11,15,17-19H2,1-2H3,(H,36,40)/t24-,32+/m1/s1. The molecule has 1 N–H and O–H groups in total. The Hall–Kier alpha value is -4.02. The predicted molar refractivity (Wildman–Crippen MR) is 163 cm³/mol. The monoisotopic (exact) mass is 602 g/mol. The maximum atomic E-state index is 15.4. The maximum Gasteiger partial charge on any atom is 0.240 e. The number of aromatic nitrogens is 2. The Labute approximate surface area is 253 Å². The van der Waals surface area contributed by atoms with E-state index in [9.17, 15) is 14.0 Å². The molecular formula is C33H32F2N4O3S. The number of benzene rings is 3. The lowest BCUT2D eigenvalue weighted by Gasteiger charge is -2.24. The Morgan fingerprint density at radius 1 is 1.09 bits per heavy atom. The molecule has 2 aliphatic rings. The van der Waals surface area contributed by atoms with E-state index in [-0.39, 0.29) is 35.8 Å². The first-order chi connectivity index (χ1) is 20.8. The minimum atomic E-state index is -0.711. The van der Waals surface area contributed by atoms with Crippen molar-refractivity contribution < 1.29 is 23.1 Å². The average Bonchev–Trinajstić information content (AvgIpc) is 3.63. The van der Waals surface area contributed by atoms with E-state index in [1.807, 2.05) is 62.4 Å². The van der Waals surface area contributed by atoms with Crippen LogP contribution in [-0.4, -0.2) is 53.1 Å². The van der Waals surface area contributed by atoms with Crippen LogP contribution in [0, 0.1) is 25.5 Å². The van der Waals surface area contributed by atoms with Crippen molar-refractivity contribution in [1.29, 1.82) is 0 Å². The molecule has 0 aliphatic carbocycles. The second-order valence-corrected chi connectivity index (χ2v) is 12.0. The smallest absolute Gasteiger partial charge is 0.240 e. The van der Waals surface area contributed by atoms with Crippen LogP contribution in [0.25, 0.3) is 16.9 Å². The van der Waals surface area contributed by atoms with Crippen molar-refractivity contribution in [3.8, 4) is 16.9 Å². The number of amides is 2. The van der Waals surface area contributed by atoms with E-state index < -0.39 is 16.9 Å². The van der Waals surface area contributed by atoms with Crippen molar-refractivity contribution >= 4 is 29.4 Å². The van der Waals surface area contributed by atoms with Gasteiger partial charge in [-0.2, -0.15) is 5.10 Å². The number of thioether (sulfide) groups is 1.